The second-order valence-electron chi connectivity index (χ2n) is 2.81. The second kappa shape index (κ2) is 5.32. The average molecular weight is 216 g/mol. The molecule has 16 heavy (non-hydrogen) atoms. The Labute approximate surface area is 92.1 Å². The number of nitrogens with zero attached hydrogens (tertiary/aromatic N) is 3. The molecule has 1 N–H and O–H groups in total. The molecule has 1 aromatic rings. The van der Waals surface area contributed by atoms with Gasteiger partial charge in [-0.3, -0.25) is 10.1 Å². The number of anilines is 1. The molecule has 0 atom stereocenters. The van der Waals surface area contributed by atoms with Crippen LogP contribution in [-0.2, 0) is 0 Å². The van der Waals surface area contributed by atoms with Gasteiger partial charge < -0.3 is 5.32 Å². The first-order valence-corrected chi connectivity index (χ1v) is 4.41. The minimum Gasteiger partial charge on any atom is -0.363 e. The summed E-state index contributed by atoms with van der Waals surface area (Å²) < 4.78 is 0. The predicted molar refractivity (Wildman–Crippen MR) is 57.5 cm³/mol. The molecule has 0 spiro atoms. The highest BCUT2D eigenvalue weighted by Crippen LogP contribution is 2.25. The average Bonchev–Trinajstić information content (AvgIpc) is 2.28. The summed E-state index contributed by atoms with van der Waals surface area (Å²) in [5, 5.41) is 22.2. The van der Waals surface area contributed by atoms with Crippen molar-refractivity contribution in [1.29, 1.82) is 5.26 Å². The fourth-order valence-electron chi connectivity index (χ4n) is 1.11. The third kappa shape index (κ3) is 2.46. The van der Waals surface area contributed by atoms with Crippen LogP contribution in [0.1, 0.15) is 12.0 Å². The highest BCUT2D eigenvalue weighted by Gasteiger charge is 2.20. The van der Waals surface area contributed by atoms with Gasteiger partial charge in [-0.05, 0) is 6.07 Å². The van der Waals surface area contributed by atoms with E-state index in [1.54, 1.807) is 6.07 Å². The van der Waals surface area contributed by atoms with E-state index in [1.165, 1.54) is 12.3 Å². The van der Waals surface area contributed by atoms with Crippen LogP contribution in [0.2, 0.25) is 0 Å². The summed E-state index contributed by atoms with van der Waals surface area (Å²) in [5.41, 5.74) is -0.342. The number of aromatic nitrogens is 1. The molecular weight excluding hydrogens is 208 g/mol. The quantitative estimate of drug-likeness (QED) is 0.354. The van der Waals surface area contributed by atoms with Crippen LogP contribution in [0.5, 0.6) is 0 Å². The van der Waals surface area contributed by atoms with Gasteiger partial charge >= 0.3 is 5.69 Å². The number of nitrogens with one attached hydrogen (secondary N) is 1. The Bertz CT molecular complexity index is 485. The van der Waals surface area contributed by atoms with E-state index in [2.05, 4.69) is 16.2 Å². The molecule has 0 saturated carbocycles. The molecule has 1 aromatic heterocycles. The Morgan fingerprint density at radius 2 is 2.44 bits per heavy atom. The number of hydrogen-bond donors (Lipinski definition) is 1. The Morgan fingerprint density at radius 1 is 1.69 bits per heavy atom. The fraction of sp³-hybridized carbons (Fsp3) is 0.200. The zero-order chi connectivity index (χ0) is 12.0. The van der Waals surface area contributed by atoms with E-state index >= 15 is 0 Å². The molecule has 0 amide bonds. The maximum atomic E-state index is 10.8. The first-order chi connectivity index (χ1) is 7.70. The molecule has 0 aliphatic rings. The summed E-state index contributed by atoms with van der Waals surface area (Å²) in [4.78, 5) is 13.9. The minimum absolute atomic E-state index is 0.0248. The third-order valence-corrected chi connectivity index (χ3v) is 1.79. The maximum absolute atomic E-state index is 10.8. The van der Waals surface area contributed by atoms with Crippen molar-refractivity contribution < 1.29 is 4.92 Å². The zero-order valence-electron chi connectivity index (χ0n) is 8.30. The van der Waals surface area contributed by atoms with E-state index in [-0.39, 0.29) is 17.1 Å². The largest absolute Gasteiger partial charge is 0.363 e. The molecule has 0 unspecified atom stereocenters. The van der Waals surface area contributed by atoms with Crippen molar-refractivity contribution in [2.24, 2.45) is 0 Å². The van der Waals surface area contributed by atoms with Crippen LogP contribution < -0.4 is 5.32 Å². The van der Waals surface area contributed by atoms with Crippen LogP contribution in [0, 0.1) is 33.8 Å². The van der Waals surface area contributed by atoms with Crippen LogP contribution in [0.15, 0.2) is 12.3 Å². The van der Waals surface area contributed by atoms with Crippen LogP contribution in [0.4, 0.5) is 11.5 Å². The van der Waals surface area contributed by atoms with Gasteiger partial charge in [0.2, 0.25) is 5.82 Å². The van der Waals surface area contributed by atoms with Crippen LogP contribution in [-0.4, -0.2) is 16.5 Å². The Hall–Kier alpha value is -2.60. The lowest BCUT2D eigenvalue weighted by Crippen LogP contribution is -2.06. The Morgan fingerprint density at radius 3 is 3.00 bits per heavy atom. The van der Waals surface area contributed by atoms with Gasteiger partial charge in [0, 0.05) is 19.2 Å². The highest BCUT2D eigenvalue weighted by atomic mass is 16.6. The molecule has 0 radical (unpaired) electrons. The van der Waals surface area contributed by atoms with Crippen LogP contribution in [0.3, 0.4) is 0 Å². The second-order valence-corrected chi connectivity index (χ2v) is 2.81. The van der Waals surface area contributed by atoms with Crippen LogP contribution >= 0.6 is 0 Å². The molecule has 80 valence electrons. The number of nitro groups is 1. The van der Waals surface area contributed by atoms with E-state index in [0.29, 0.717) is 13.0 Å². The monoisotopic (exact) mass is 216 g/mol. The minimum atomic E-state index is -0.635. The van der Waals surface area contributed by atoms with Gasteiger partial charge in [0.05, 0.1) is 4.92 Å². The number of terminal acetylenes is 1. The van der Waals surface area contributed by atoms with Gasteiger partial charge in [-0.15, -0.1) is 12.3 Å². The zero-order valence-corrected chi connectivity index (χ0v) is 8.30. The van der Waals surface area contributed by atoms with Crippen molar-refractivity contribution >= 4 is 11.5 Å². The van der Waals surface area contributed by atoms with Crippen molar-refractivity contribution in [3.05, 3.63) is 27.9 Å². The van der Waals surface area contributed by atoms with E-state index < -0.39 is 4.92 Å². The van der Waals surface area contributed by atoms with Crippen LogP contribution in [0.25, 0.3) is 0 Å². The molecule has 1 heterocycles. The first kappa shape index (κ1) is 11.5. The topological polar surface area (TPSA) is 91.8 Å². The molecule has 0 bridgehead atoms. The summed E-state index contributed by atoms with van der Waals surface area (Å²) in [6.45, 7) is 0.374. The smallest absolute Gasteiger partial charge is 0.328 e. The van der Waals surface area contributed by atoms with Crippen molar-refractivity contribution in [3.63, 3.8) is 0 Å². The number of nitriles is 1. The lowest BCUT2D eigenvalue weighted by atomic mass is 10.2. The summed E-state index contributed by atoms with van der Waals surface area (Å²) in [7, 11) is 0. The highest BCUT2D eigenvalue weighted by molar-refractivity contribution is 5.63. The van der Waals surface area contributed by atoms with E-state index in [4.69, 9.17) is 11.7 Å². The lowest BCUT2D eigenvalue weighted by Gasteiger charge is -2.04. The summed E-state index contributed by atoms with van der Waals surface area (Å²) in [5.74, 6) is 2.46. The maximum Gasteiger partial charge on any atom is 0.328 e. The SMILES string of the molecule is C#CCCNc1nccc(C#N)c1[N+](=O)[O-]. The first-order valence-electron chi connectivity index (χ1n) is 4.41. The van der Waals surface area contributed by atoms with Gasteiger partial charge in [-0.1, -0.05) is 0 Å². The van der Waals surface area contributed by atoms with Crippen molar-refractivity contribution in [2.75, 3.05) is 11.9 Å². The number of pyridine rings is 1. The summed E-state index contributed by atoms with van der Waals surface area (Å²) in [6, 6.07) is 3.04. The molecular formula is C10H8N4O2. The fourth-order valence-corrected chi connectivity index (χ4v) is 1.11. The molecule has 6 nitrogen and oxygen atoms in total. The van der Waals surface area contributed by atoms with Crippen molar-refractivity contribution in [2.45, 2.75) is 6.42 Å². The number of hydrogen-bond acceptors (Lipinski definition) is 5. The van der Waals surface area contributed by atoms with Gasteiger partial charge in [0.25, 0.3) is 0 Å². The van der Waals surface area contributed by atoms with Gasteiger partial charge in [-0.25, -0.2) is 4.98 Å². The third-order valence-electron chi connectivity index (χ3n) is 1.79. The predicted octanol–water partition coefficient (Wildman–Crippen LogP) is 1.30. The number of rotatable bonds is 4. The van der Waals surface area contributed by atoms with Gasteiger partial charge in [0.1, 0.15) is 11.6 Å². The molecule has 0 fully saturated rings. The molecule has 1 rings (SSSR count). The van der Waals surface area contributed by atoms with E-state index in [0.717, 1.165) is 0 Å². The van der Waals surface area contributed by atoms with Crippen molar-refractivity contribution in [1.82, 2.24) is 4.98 Å². The molecule has 6 heteroatoms. The molecule has 0 aromatic carbocycles. The lowest BCUT2D eigenvalue weighted by molar-refractivity contribution is -0.384. The van der Waals surface area contributed by atoms with E-state index in [1.807, 2.05) is 0 Å². The molecule has 0 saturated heterocycles. The standard InChI is InChI=1S/C10H8N4O2/c1-2-3-5-12-10-9(14(15)16)8(7-11)4-6-13-10/h1,4,6H,3,5H2,(H,12,13). The molecule has 0 aliphatic carbocycles. The summed E-state index contributed by atoms with van der Waals surface area (Å²) in [6.07, 6.45) is 6.81. The van der Waals surface area contributed by atoms with Gasteiger partial charge in [0.15, 0.2) is 0 Å². The normalized spacial score (nSPS) is 8.88. The Balaban J connectivity index is 3.05. The summed E-state index contributed by atoms with van der Waals surface area (Å²) >= 11 is 0. The van der Waals surface area contributed by atoms with E-state index in [9.17, 15) is 10.1 Å². The Kier molecular flexibility index (Phi) is 3.82. The molecule has 0 aliphatic heterocycles. The van der Waals surface area contributed by atoms with Gasteiger partial charge in [-0.2, -0.15) is 5.26 Å². The van der Waals surface area contributed by atoms with Crippen molar-refractivity contribution in [3.8, 4) is 18.4 Å².